The van der Waals surface area contributed by atoms with Gasteiger partial charge in [-0.05, 0) is 55.5 Å². The third-order valence-corrected chi connectivity index (χ3v) is 6.04. The minimum Gasteiger partial charge on any atom is -0.402 e. The van der Waals surface area contributed by atoms with Crippen LogP contribution in [0.15, 0.2) is 88.4 Å². The number of hydrogen-bond acceptors (Lipinski definition) is 7. The van der Waals surface area contributed by atoms with E-state index in [1.54, 1.807) is 30.3 Å². The van der Waals surface area contributed by atoms with E-state index < -0.39 is 16.1 Å². The number of aryl methyl sites for hydroxylation is 1. The van der Waals surface area contributed by atoms with Crippen molar-refractivity contribution in [3.8, 4) is 5.75 Å². The fourth-order valence-corrected chi connectivity index (χ4v) is 4.08. The lowest BCUT2D eigenvalue weighted by molar-refractivity contribution is -0.129. The number of carbonyl (C=O) groups is 2. The van der Waals surface area contributed by atoms with Gasteiger partial charge in [0.1, 0.15) is 10.6 Å². The normalized spacial score (nSPS) is 14.5. The zero-order valence-electron chi connectivity index (χ0n) is 18.3. The average molecular weight is 477 g/mol. The Morgan fingerprint density at radius 2 is 1.68 bits per heavy atom. The molecule has 0 radical (unpaired) electrons. The van der Waals surface area contributed by atoms with Crippen LogP contribution in [-0.4, -0.2) is 26.2 Å². The molecule has 0 atom stereocenters. The maximum absolute atomic E-state index is 12.8. The molecule has 0 saturated carbocycles. The highest BCUT2D eigenvalue weighted by molar-refractivity contribution is 7.87. The number of aliphatic imine (C=N–C) groups is 1. The maximum atomic E-state index is 12.8. The molecule has 1 amide bonds. The fraction of sp³-hybridized carbons (Fsp3) is 0.0800. The second-order valence-electron chi connectivity index (χ2n) is 7.48. The lowest BCUT2D eigenvalue weighted by Gasteiger charge is -2.10. The molecule has 1 aliphatic heterocycles. The van der Waals surface area contributed by atoms with E-state index in [0.717, 1.165) is 5.56 Å². The van der Waals surface area contributed by atoms with E-state index in [2.05, 4.69) is 10.3 Å². The Bertz CT molecular complexity index is 1420. The molecular weight excluding hydrogens is 456 g/mol. The van der Waals surface area contributed by atoms with Crippen LogP contribution in [0.4, 0.5) is 5.69 Å². The Morgan fingerprint density at radius 3 is 2.35 bits per heavy atom. The number of cyclic esters (lactones) is 1. The number of rotatable bonds is 6. The van der Waals surface area contributed by atoms with Crippen molar-refractivity contribution in [1.82, 2.24) is 0 Å². The summed E-state index contributed by atoms with van der Waals surface area (Å²) in [6.45, 7) is 3.30. The third kappa shape index (κ3) is 5.21. The monoisotopic (exact) mass is 476 g/mol. The topological polar surface area (TPSA) is 111 Å². The molecule has 0 unspecified atom stereocenters. The summed E-state index contributed by atoms with van der Waals surface area (Å²) in [5.74, 6) is -0.733. The SMILES string of the molecule is CC(=O)Nc1ccc(S(=O)(=O)Oc2ccccc2/C=C2/N=C(c3ccc(C)cc3)OC2=O)cc1. The van der Waals surface area contributed by atoms with Crippen LogP contribution in [0.2, 0.25) is 0 Å². The van der Waals surface area contributed by atoms with E-state index in [1.165, 1.54) is 43.3 Å². The molecule has 0 saturated heterocycles. The van der Waals surface area contributed by atoms with E-state index in [1.807, 2.05) is 19.1 Å². The van der Waals surface area contributed by atoms with Gasteiger partial charge in [-0.3, -0.25) is 4.79 Å². The summed E-state index contributed by atoms with van der Waals surface area (Å²) in [5, 5.41) is 2.57. The van der Waals surface area contributed by atoms with Gasteiger partial charge >= 0.3 is 16.1 Å². The number of esters is 1. The molecule has 9 heteroatoms. The first-order valence-corrected chi connectivity index (χ1v) is 11.6. The van der Waals surface area contributed by atoms with Gasteiger partial charge in [0.25, 0.3) is 0 Å². The molecule has 0 aromatic heterocycles. The van der Waals surface area contributed by atoms with Crippen molar-refractivity contribution in [2.75, 3.05) is 5.32 Å². The first-order chi connectivity index (χ1) is 16.2. The number of nitrogens with zero attached hydrogens (tertiary/aromatic N) is 1. The highest BCUT2D eigenvalue weighted by atomic mass is 32.2. The van der Waals surface area contributed by atoms with Gasteiger partial charge in [-0.1, -0.05) is 35.9 Å². The van der Waals surface area contributed by atoms with Crippen molar-refractivity contribution in [2.24, 2.45) is 4.99 Å². The third-order valence-electron chi connectivity index (χ3n) is 4.79. The van der Waals surface area contributed by atoms with Gasteiger partial charge in [-0.25, -0.2) is 9.79 Å². The summed E-state index contributed by atoms with van der Waals surface area (Å²) < 4.78 is 36.2. The van der Waals surface area contributed by atoms with Crippen molar-refractivity contribution >= 4 is 39.7 Å². The number of nitrogens with one attached hydrogen (secondary N) is 1. The molecule has 0 aliphatic carbocycles. The summed E-state index contributed by atoms with van der Waals surface area (Å²) in [7, 11) is -4.18. The summed E-state index contributed by atoms with van der Waals surface area (Å²) >= 11 is 0. The molecule has 4 rings (SSSR count). The van der Waals surface area contributed by atoms with E-state index >= 15 is 0 Å². The minimum atomic E-state index is -4.18. The molecule has 1 N–H and O–H groups in total. The predicted octanol–water partition coefficient (Wildman–Crippen LogP) is 4.07. The Morgan fingerprint density at radius 1 is 1.00 bits per heavy atom. The zero-order chi connectivity index (χ0) is 24.3. The molecule has 3 aromatic carbocycles. The van der Waals surface area contributed by atoms with Gasteiger partial charge in [0.05, 0.1) is 0 Å². The van der Waals surface area contributed by atoms with Crippen LogP contribution in [0.3, 0.4) is 0 Å². The quantitative estimate of drug-likeness (QED) is 0.326. The van der Waals surface area contributed by atoms with Crippen LogP contribution < -0.4 is 9.50 Å². The Kier molecular flexibility index (Phi) is 6.29. The summed E-state index contributed by atoms with van der Waals surface area (Å²) in [6.07, 6.45) is 1.41. The molecule has 3 aromatic rings. The lowest BCUT2D eigenvalue weighted by Crippen LogP contribution is -2.11. The first-order valence-electron chi connectivity index (χ1n) is 10.2. The highest BCUT2D eigenvalue weighted by Gasteiger charge is 2.25. The van der Waals surface area contributed by atoms with E-state index in [-0.39, 0.29) is 28.1 Å². The van der Waals surface area contributed by atoms with Crippen molar-refractivity contribution < 1.29 is 26.9 Å². The average Bonchev–Trinajstić information content (AvgIpc) is 3.15. The van der Waals surface area contributed by atoms with E-state index in [4.69, 9.17) is 8.92 Å². The maximum Gasteiger partial charge on any atom is 0.363 e. The minimum absolute atomic E-state index is 0.0173. The van der Waals surface area contributed by atoms with Gasteiger partial charge in [0.15, 0.2) is 5.70 Å². The van der Waals surface area contributed by atoms with Gasteiger partial charge in [0.2, 0.25) is 11.8 Å². The number of hydrogen-bond donors (Lipinski definition) is 1. The number of ether oxygens (including phenoxy) is 1. The van der Waals surface area contributed by atoms with Gasteiger partial charge in [0, 0.05) is 23.7 Å². The van der Waals surface area contributed by atoms with Gasteiger partial charge in [-0.2, -0.15) is 8.42 Å². The highest BCUT2D eigenvalue weighted by Crippen LogP contribution is 2.27. The number of para-hydroxylation sites is 1. The van der Waals surface area contributed by atoms with Gasteiger partial charge < -0.3 is 14.2 Å². The van der Waals surface area contributed by atoms with Crippen molar-refractivity contribution in [3.63, 3.8) is 0 Å². The van der Waals surface area contributed by atoms with E-state index in [9.17, 15) is 18.0 Å². The molecule has 0 bridgehead atoms. The lowest BCUT2D eigenvalue weighted by atomic mass is 10.1. The summed E-state index contributed by atoms with van der Waals surface area (Å²) in [6, 6.07) is 19.3. The van der Waals surface area contributed by atoms with Crippen molar-refractivity contribution in [1.29, 1.82) is 0 Å². The largest absolute Gasteiger partial charge is 0.402 e. The van der Waals surface area contributed by atoms with Crippen LogP contribution in [0.25, 0.3) is 6.08 Å². The first kappa shape index (κ1) is 22.9. The molecule has 0 fully saturated rings. The van der Waals surface area contributed by atoms with Crippen LogP contribution >= 0.6 is 0 Å². The molecule has 172 valence electrons. The second-order valence-corrected chi connectivity index (χ2v) is 9.03. The van der Waals surface area contributed by atoms with Gasteiger partial charge in [-0.15, -0.1) is 0 Å². The van der Waals surface area contributed by atoms with Crippen molar-refractivity contribution in [2.45, 2.75) is 18.7 Å². The number of amides is 1. The molecular formula is C25H20N2O6S. The fourth-order valence-electron chi connectivity index (χ4n) is 3.13. The molecule has 0 spiro atoms. The number of benzene rings is 3. The number of anilines is 1. The Hall–Kier alpha value is -4.24. The van der Waals surface area contributed by atoms with Crippen LogP contribution in [-0.2, 0) is 24.4 Å². The van der Waals surface area contributed by atoms with Crippen LogP contribution in [0.1, 0.15) is 23.6 Å². The smallest absolute Gasteiger partial charge is 0.363 e. The zero-order valence-corrected chi connectivity index (χ0v) is 19.1. The molecule has 8 nitrogen and oxygen atoms in total. The Labute approximate surface area is 196 Å². The molecule has 1 aliphatic rings. The second kappa shape index (κ2) is 9.32. The van der Waals surface area contributed by atoms with Crippen LogP contribution in [0.5, 0.6) is 5.75 Å². The van der Waals surface area contributed by atoms with E-state index in [0.29, 0.717) is 16.8 Å². The molecule has 1 heterocycles. The predicted molar refractivity (Wildman–Crippen MR) is 127 cm³/mol. The van der Waals surface area contributed by atoms with Crippen molar-refractivity contribution in [3.05, 3.63) is 95.2 Å². The van der Waals surface area contributed by atoms with Crippen LogP contribution in [0, 0.1) is 6.92 Å². The standard InChI is InChI=1S/C25H20N2O6S/c1-16-7-9-18(10-8-16)24-27-22(25(29)32-24)15-19-5-3-4-6-23(19)33-34(30,31)21-13-11-20(12-14-21)26-17(2)28/h3-15H,1-2H3,(H,26,28)/b22-15+. The Balaban J connectivity index is 1.60. The summed E-state index contributed by atoms with van der Waals surface area (Å²) in [4.78, 5) is 27.7. The molecule has 34 heavy (non-hydrogen) atoms. The summed E-state index contributed by atoms with van der Waals surface area (Å²) in [5.41, 5.74) is 2.52. The number of carbonyl (C=O) groups excluding carboxylic acids is 2.